The summed E-state index contributed by atoms with van der Waals surface area (Å²) in [5.41, 5.74) is 2.19. The van der Waals surface area contributed by atoms with Crippen molar-refractivity contribution in [2.24, 2.45) is 5.10 Å². The minimum atomic E-state index is 0.794. The number of benzene rings is 2. The zero-order valence-electron chi connectivity index (χ0n) is 14.2. The van der Waals surface area contributed by atoms with Crippen LogP contribution in [0.4, 0.5) is 5.69 Å². The number of ether oxygens (including phenoxy) is 2. The maximum Gasteiger partial charge on any atom is 0.127 e. The molecule has 2 aromatic carbocycles. The fourth-order valence-corrected chi connectivity index (χ4v) is 2.79. The Labute approximate surface area is 143 Å². The summed E-state index contributed by atoms with van der Waals surface area (Å²) in [4.78, 5) is 2.39. The van der Waals surface area contributed by atoms with Gasteiger partial charge < -0.3 is 14.4 Å². The van der Waals surface area contributed by atoms with Crippen molar-refractivity contribution < 1.29 is 9.47 Å². The van der Waals surface area contributed by atoms with Crippen LogP contribution in [0.1, 0.15) is 5.56 Å². The quantitative estimate of drug-likeness (QED) is 0.792. The molecule has 2 aromatic rings. The zero-order chi connectivity index (χ0) is 16.8. The highest BCUT2D eigenvalue weighted by molar-refractivity contribution is 5.84. The molecule has 5 heteroatoms. The van der Waals surface area contributed by atoms with Crippen LogP contribution in [0, 0.1) is 0 Å². The summed E-state index contributed by atoms with van der Waals surface area (Å²) in [6, 6.07) is 16.2. The zero-order valence-corrected chi connectivity index (χ0v) is 14.2. The van der Waals surface area contributed by atoms with Crippen molar-refractivity contribution in [1.29, 1.82) is 0 Å². The topological polar surface area (TPSA) is 37.3 Å². The summed E-state index contributed by atoms with van der Waals surface area (Å²) in [6.45, 7) is 3.74. The molecule has 0 saturated carbocycles. The van der Waals surface area contributed by atoms with Crippen molar-refractivity contribution in [2.45, 2.75) is 0 Å². The number of para-hydroxylation sites is 1. The Kier molecular flexibility index (Phi) is 5.21. The predicted molar refractivity (Wildman–Crippen MR) is 97.4 cm³/mol. The standard InChI is InChI=1S/C19H23N3O2/c1-23-18-8-9-19(24-2)16(14-18)15-20-22-12-10-21(11-13-22)17-6-4-3-5-7-17/h3-9,14-15H,10-13H2,1-2H3/b20-15-. The average molecular weight is 325 g/mol. The van der Waals surface area contributed by atoms with Crippen molar-refractivity contribution in [3.63, 3.8) is 0 Å². The lowest BCUT2D eigenvalue weighted by molar-refractivity contribution is 0.272. The monoisotopic (exact) mass is 325 g/mol. The second-order valence-corrected chi connectivity index (χ2v) is 5.63. The summed E-state index contributed by atoms with van der Waals surface area (Å²) in [5, 5.41) is 6.71. The van der Waals surface area contributed by atoms with Gasteiger partial charge in [0, 0.05) is 24.3 Å². The lowest BCUT2D eigenvalue weighted by atomic mass is 10.2. The van der Waals surface area contributed by atoms with Crippen LogP contribution in [0.15, 0.2) is 53.6 Å². The molecule has 1 aliphatic rings. The van der Waals surface area contributed by atoms with Crippen molar-refractivity contribution >= 4 is 11.9 Å². The fraction of sp³-hybridized carbons (Fsp3) is 0.316. The van der Waals surface area contributed by atoms with E-state index in [0.29, 0.717) is 0 Å². The van der Waals surface area contributed by atoms with E-state index in [9.17, 15) is 0 Å². The molecule has 0 unspecified atom stereocenters. The molecule has 0 amide bonds. The Morgan fingerprint density at radius 2 is 1.67 bits per heavy atom. The number of hydrazone groups is 1. The normalized spacial score (nSPS) is 14.9. The van der Waals surface area contributed by atoms with E-state index in [0.717, 1.165) is 43.2 Å². The van der Waals surface area contributed by atoms with Crippen molar-refractivity contribution in [3.05, 3.63) is 54.1 Å². The van der Waals surface area contributed by atoms with E-state index in [1.807, 2.05) is 30.5 Å². The summed E-state index contributed by atoms with van der Waals surface area (Å²) in [6.07, 6.45) is 1.85. The van der Waals surface area contributed by atoms with Gasteiger partial charge in [-0.3, -0.25) is 5.01 Å². The Hall–Kier alpha value is -2.69. The Bertz CT molecular complexity index is 680. The molecule has 3 rings (SSSR count). The molecule has 126 valence electrons. The van der Waals surface area contributed by atoms with Gasteiger partial charge in [0.05, 0.1) is 33.5 Å². The lowest BCUT2D eigenvalue weighted by Crippen LogP contribution is -2.44. The van der Waals surface area contributed by atoms with Gasteiger partial charge in [-0.25, -0.2) is 0 Å². The molecule has 5 nitrogen and oxygen atoms in total. The van der Waals surface area contributed by atoms with E-state index in [1.54, 1.807) is 14.2 Å². The second-order valence-electron chi connectivity index (χ2n) is 5.63. The van der Waals surface area contributed by atoms with Gasteiger partial charge in [-0.05, 0) is 30.3 Å². The predicted octanol–water partition coefficient (Wildman–Crippen LogP) is 2.86. The van der Waals surface area contributed by atoms with E-state index in [-0.39, 0.29) is 0 Å². The number of methoxy groups -OCH3 is 2. The van der Waals surface area contributed by atoms with E-state index < -0.39 is 0 Å². The van der Waals surface area contributed by atoms with Gasteiger partial charge in [-0.2, -0.15) is 5.10 Å². The van der Waals surface area contributed by atoms with Gasteiger partial charge in [-0.15, -0.1) is 0 Å². The van der Waals surface area contributed by atoms with Gasteiger partial charge in [-0.1, -0.05) is 18.2 Å². The molecule has 0 N–H and O–H groups in total. The fourth-order valence-electron chi connectivity index (χ4n) is 2.79. The molecular weight excluding hydrogens is 302 g/mol. The van der Waals surface area contributed by atoms with Gasteiger partial charge in [0.2, 0.25) is 0 Å². The van der Waals surface area contributed by atoms with Crippen LogP contribution in [0.3, 0.4) is 0 Å². The van der Waals surface area contributed by atoms with Gasteiger partial charge in [0.1, 0.15) is 11.5 Å². The molecule has 1 aliphatic heterocycles. The van der Waals surface area contributed by atoms with Crippen LogP contribution in [-0.2, 0) is 0 Å². The second kappa shape index (κ2) is 7.73. The van der Waals surface area contributed by atoms with Gasteiger partial charge in [0.25, 0.3) is 0 Å². The first-order valence-electron chi connectivity index (χ1n) is 8.11. The van der Waals surface area contributed by atoms with E-state index in [1.165, 1.54) is 5.69 Å². The van der Waals surface area contributed by atoms with E-state index in [2.05, 4.69) is 39.3 Å². The Morgan fingerprint density at radius 3 is 2.33 bits per heavy atom. The van der Waals surface area contributed by atoms with Gasteiger partial charge in [0.15, 0.2) is 0 Å². The van der Waals surface area contributed by atoms with Crippen molar-refractivity contribution in [1.82, 2.24) is 5.01 Å². The Morgan fingerprint density at radius 1 is 0.917 bits per heavy atom. The highest BCUT2D eigenvalue weighted by atomic mass is 16.5. The number of piperazine rings is 1. The maximum atomic E-state index is 5.39. The summed E-state index contributed by atoms with van der Waals surface area (Å²) in [7, 11) is 3.32. The van der Waals surface area contributed by atoms with E-state index >= 15 is 0 Å². The first-order valence-corrected chi connectivity index (χ1v) is 8.11. The number of rotatable bonds is 5. The lowest BCUT2D eigenvalue weighted by Gasteiger charge is -2.34. The molecule has 0 spiro atoms. The summed E-state index contributed by atoms with van der Waals surface area (Å²) >= 11 is 0. The smallest absolute Gasteiger partial charge is 0.127 e. The molecular formula is C19H23N3O2. The van der Waals surface area contributed by atoms with Crippen LogP contribution < -0.4 is 14.4 Å². The number of anilines is 1. The minimum absolute atomic E-state index is 0.794. The van der Waals surface area contributed by atoms with Gasteiger partial charge >= 0.3 is 0 Å². The highest BCUT2D eigenvalue weighted by Crippen LogP contribution is 2.22. The largest absolute Gasteiger partial charge is 0.497 e. The molecule has 0 bridgehead atoms. The SMILES string of the molecule is COc1ccc(OC)c(/C=N\N2CCN(c3ccccc3)CC2)c1. The molecule has 24 heavy (non-hydrogen) atoms. The molecule has 1 fully saturated rings. The molecule has 0 aliphatic carbocycles. The number of hydrogen-bond acceptors (Lipinski definition) is 5. The molecule has 0 aromatic heterocycles. The minimum Gasteiger partial charge on any atom is -0.497 e. The first-order chi connectivity index (χ1) is 11.8. The highest BCUT2D eigenvalue weighted by Gasteiger charge is 2.15. The molecule has 1 saturated heterocycles. The molecule has 0 radical (unpaired) electrons. The van der Waals surface area contributed by atoms with Crippen LogP contribution in [0.2, 0.25) is 0 Å². The van der Waals surface area contributed by atoms with Crippen LogP contribution in [-0.4, -0.2) is 51.6 Å². The average Bonchev–Trinajstić information content (AvgIpc) is 2.67. The third-order valence-electron chi connectivity index (χ3n) is 4.17. The third-order valence-corrected chi connectivity index (χ3v) is 4.17. The van der Waals surface area contributed by atoms with E-state index in [4.69, 9.17) is 9.47 Å². The third kappa shape index (κ3) is 3.79. The van der Waals surface area contributed by atoms with Crippen molar-refractivity contribution in [2.75, 3.05) is 45.3 Å². The number of hydrogen-bond donors (Lipinski definition) is 0. The Balaban J connectivity index is 1.63. The first kappa shape index (κ1) is 16.2. The number of nitrogens with zero attached hydrogens (tertiary/aromatic N) is 3. The van der Waals surface area contributed by atoms with Crippen LogP contribution in [0.5, 0.6) is 11.5 Å². The van der Waals surface area contributed by atoms with Crippen LogP contribution in [0.25, 0.3) is 0 Å². The summed E-state index contributed by atoms with van der Waals surface area (Å²) < 4.78 is 10.7. The van der Waals surface area contributed by atoms with Crippen LogP contribution >= 0.6 is 0 Å². The molecule has 1 heterocycles. The maximum absolute atomic E-state index is 5.39. The summed E-state index contributed by atoms with van der Waals surface area (Å²) in [5.74, 6) is 1.59. The molecule has 0 atom stereocenters. The van der Waals surface area contributed by atoms with Crippen molar-refractivity contribution in [3.8, 4) is 11.5 Å².